The van der Waals surface area contributed by atoms with Crippen molar-refractivity contribution in [2.75, 3.05) is 6.54 Å². The van der Waals surface area contributed by atoms with Gasteiger partial charge in [-0.15, -0.1) is 0 Å². The molecule has 2 nitrogen and oxygen atoms in total. The molecule has 5 unspecified atom stereocenters. The van der Waals surface area contributed by atoms with Crippen molar-refractivity contribution >= 4 is 0 Å². The molecule has 0 bridgehead atoms. The Hall–Kier alpha value is -0.0800. The monoisotopic (exact) mass is 281 g/mol. The van der Waals surface area contributed by atoms with Crippen molar-refractivity contribution in [3.05, 3.63) is 0 Å². The summed E-state index contributed by atoms with van der Waals surface area (Å²) in [6.07, 6.45) is 7.19. The summed E-state index contributed by atoms with van der Waals surface area (Å²) in [6.45, 7) is 15.2. The molecule has 2 fully saturated rings. The first kappa shape index (κ1) is 16.3. The van der Waals surface area contributed by atoms with Gasteiger partial charge >= 0.3 is 0 Å². The standard InChI is InChI=1S/C18H35NO/c1-7-18(6)15(19-8-2)10-16(18)20-14-9-13(3)11-17(4,5)12-14/h13-16,19H,7-12H2,1-6H3. The molecule has 0 aliphatic heterocycles. The molecule has 0 saturated heterocycles. The lowest BCUT2D eigenvalue weighted by molar-refractivity contribution is -0.174. The van der Waals surface area contributed by atoms with E-state index in [-0.39, 0.29) is 0 Å². The average molecular weight is 281 g/mol. The van der Waals surface area contributed by atoms with Crippen LogP contribution in [0.5, 0.6) is 0 Å². The smallest absolute Gasteiger partial charge is 0.0662 e. The van der Waals surface area contributed by atoms with Crippen molar-refractivity contribution in [3.8, 4) is 0 Å². The number of hydrogen-bond donors (Lipinski definition) is 1. The summed E-state index contributed by atoms with van der Waals surface area (Å²) < 4.78 is 6.58. The molecule has 2 heteroatoms. The largest absolute Gasteiger partial charge is 0.374 e. The van der Waals surface area contributed by atoms with Crippen LogP contribution in [-0.4, -0.2) is 24.8 Å². The van der Waals surface area contributed by atoms with Crippen LogP contribution in [0.25, 0.3) is 0 Å². The molecule has 0 spiro atoms. The molecule has 0 heterocycles. The summed E-state index contributed by atoms with van der Waals surface area (Å²) in [5, 5.41) is 3.64. The van der Waals surface area contributed by atoms with E-state index in [1.807, 2.05) is 0 Å². The highest BCUT2D eigenvalue weighted by atomic mass is 16.5. The molecule has 2 saturated carbocycles. The summed E-state index contributed by atoms with van der Waals surface area (Å²) in [7, 11) is 0. The lowest BCUT2D eigenvalue weighted by Gasteiger charge is -2.55. The molecule has 1 N–H and O–H groups in total. The number of nitrogens with one attached hydrogen (secondary N) is 1. The van der Waals surface area contributed by atoms with Gasteiger partial charge in [0.05, 0.1) is 12.2 Å². The van der Waals surface area contributed by atoms with Crippen LogP contribution in [-0.2, 0) is 4.74 Å². The molecule has 0 aromatic rings. The predicted octanol–water partition coefficient (Wildman–Crippen LogP) is 4.38. The average Bonchev–Trinajstić information content (AvgIpc) is 2.34. The number of rotatable bonds is 5. The second-order valence-electron chi connectivity index (χ2n) is 8.37. The van der Waals surface area contributed by atoms with Gasteiger partial charge in [-0.05, 0) is 50.0 Å². The Morgan fingerprint density at radius 1 is 1.10 bits per heavy atom. The van der Waals surface area contributed by atoms with Crippen LogP contribution < -0.4 is 5.32 Å². The second kappa shape index (κ2) is 5.96. The SMILES string of the molecule is CCNC1CC(OC2CC(C)CC(C)(C)C2)C1(C)CC. The van der Waals surface area contributed by atoms with Crippen molar-refractivity contribution in [2.24, 2.45) is 16.7 Å². The molecule has 0 radical (unpaired) electrons. The van der Waals surface area contributed by atoms with Crippen LogP contribution in [0.2, 0.25) is 0 Å². The van der Waals surface area contributed by atoms with Crippen molar-refractivity contribution in [1.29, 1.82) is 0 Å². The Morgan fingerprint density at radius 2 is 1.80 bits per heavy atom. The first-order chi connectivity index (χ1) is 9.30. The Morgan fingerprint density at radius 3 is 2.35 bits per heavy atom. The van der Waals surface area contributed by atoms with Crippen LogP contribution in [0.15, 0.2) is 0 Å². The van der Waals surface area contributed by atoms with Crippen molar-refractivity contribution in [1.82, 2.24) is 5.32 Å². The van der Waals surface area contributed by atoms with Gasteiger partial charge in [0.2, 0.25) is 0 Å². The van der Waals surface area contributed by atoms with Gasteiger partial charge in [0.1, 0.15) is 0 Å². The maximum absolute atomic E-state index is 6.58. The van der Waals surface area contributed by atoms with Gasteiger partial charge < -0.3 is 10.1 Å². The highest BCUT2D eigenvalue weighted by molar-refractivity contribution is 5.05. The lowest BCUT2D eigenvalue weighted by Crippen LogP contribution is -2.63. The predicted molar refractivity (Wildman–Crippen MR) is 85.9 cm³/mol. The van der Waals surface area contributed by atoms with Gasteiger partial charge in [-0.1, -0.05) is 41.5 Å². The van der Waals surface area contributed by atoms with Crippen molar-refractivity contribution in [3.63, 3.8) is 0 Å². The quantitative estimate of drug-likeness (QED) is 0.807. The van der Waals surface area contributed by atoms with E-state index in [9.17, 15) is 0 Å². The zero-order valence-electron chi connectivity index (χ0n) is 14.5. The minimum Gasteiger partial charge on any atom is -0.374 e. The van der Waals surface area contributed by atoms with Crippen molar-refractivity contribution < 1.29 is 4.74 Å². The molecule has 118 valence electrons. The van der Waals surface area contributed by atoms with E-state index in [2.05, 4.69) is 46.9 Å². The van der Waals surface area contributed by atoms with E-state index >= 15 is 0 Å². The first-order valence-corrected chi connectivity index (χ1v) is 8.69. The third-order valence-electron chi connectivity index (χ3n) is 5.90. The Labute approximate surface area is 126 Å². The van der Waals surface area contributed by atoms with E-state index in [4.69, 9.17) is 4.74 Å². The second-order valence-corrected chi connectivity index (χ2v) is 8.37. The maximum atomic E-state index is 6.58. The van der Waals surface area contributed by atoms with Gasteiger partial charge in [-0.25, -0.2) is 0 Å². The zero-order valence-corrected chi connectivity index (χ0v) is 14.5. The van der Waals surface area contributed by atoms with Crippen LogP contribution in [0.4, 0.5) is 0 Å². The molecule has 0 aromatic heterocycles. The Bertz CT molecular complexity index is 327. The van der Waals surface area contributed by atoms with Gasteiger partial charge in [-0.3, -0.25) is 0 Å². The van der Waals surface area contributed by atoms with Gasteiger partial charge in [-0.2, -0.15) is 0 Å². The number of ether oxygens (including phenoxy) is 1. The third-order valence-corrected chi connectivity index (χ3v) is 5.90. The fourth-order valence-electron chi connectivity index (χ4n) is 4.66. The molecule has 0 aromatic carbocycles. The molecule has 2 aliphatic rings. The maximum Gasteiger partial charge on any atom is 0.0662 e. The topological polar surface area (TPSA) is 21.3 Å². The molecular formula is C18H35NO. The fourth-order valence-corrected chi connectivity index (χ4v) is 4.66. The van der Waals surface area contributed by atoms with Gasteiger partial charge in [0, 0.05) is 11.5 Å². The van der Waals surface area contributed by atoms with E-state index in [1.165, 1.54) is 32.1 Å². The fraction of sp³-hybridized carbons (Fsp3) is 1.00. The van der Waals surface area contributed by atoms with Crippen LogP contribution >= 0.6 is 0 Å². The highest BCUT2D eigenvalue weighted by Crippen LogP contribution is 2.48. The van der Waals surface area contributed by atoms with E-state index in [1.54, 1.807) is 0 Å². The summed E-state index contributed by atoms with van der Waals surface area (Å²) in [5.74, 6) is 0.807. The van der Waals surface area contributed by atoms with Crippen LogP contribution in [0.3, 0.4) is 0 Å². The summed E-state index contributed by atoms with van der Waals surface area (Å²) in [5.41, 5.74) is 0.788. The summed E-state index contributed by atoms with van der Waals surface area (Å²) in [6, 6.07) is 0.650. The normalized spacial score (nSPS) is 44.1. The highest BCUT2D eigenvalue weighted by Gasteiger charge is 2.52. The molecule has 2 aliphatic carbocycles. The van der Waals surface area contributed by atoms with E-state index in [0.29, 0.717) is 29.1 Å². The zero-order chi connectivity index (χ0) is 15.0. The molecular weight excluding hydrogens is 246 g/mol. The van der Waals surface area contributed by atoms with Gasteiger partial charge in [0.15, 0.2) is 0 Å². The minimum absolute atomic E-state index is 0.334. The number of hydrogen-bond acceptors (Lipinski definition) is 2. The molecule has 2 rings (SSSR count). The molecule has 0 amide bonds. The van der Waals surface area contributed by atoms with E-state index in [0.717, 1.165) is 12.5 Å². The first-order valence-electron chi connectivity index (χ1n) is 8.69. The summed E-state index contributed by atoms with van der Waals surface area (Å²) >= 11 is 0. The van der Waals surface area contributed by atoms with Crippen LogP contribution in [0, 0.1) is 16.7 Å². The van der Waals surface area contributed by atoms with Gasteiger partial charge in [0.25, 0.3) is 0 Å². The summed E-state index contributed by atoms with van der Waals surface area (Å²) in [4.78, 5) is 0. The van der Waals surface area contributed by atoms with Crippen molar-refractivity contribution in [2.45, 2.75) is 91.9 Å². The Kier molecular flexibility index (Phi) is 4.86. The van der Waals surface area contributed by atoms with E-state index < -0.39 is 0 Å². The third kappa shape index (κ3) is 3.22. The molecule has 20 heavy (non-hydrogen) atoms. The van der Waals surface area contributed by atoms with Crippen LogP contribution in [0.1, 0.15) is 73.6 Å². The lowest BCUT2D eigenvalue weighted by atomic mass is 9.61. The Balaban J connectivity index is 1.93. The molecule has 5 atom stereocenters. The minimum atomic E-state index is 0.334.